The molecule has 0 heterocycles. The van der Waals surface area contributed by atoms with Gasteiger partial charge in [-0.1, -0.05) is 66.7 Å². The SMILES string of the molecule is O=C(c1ccccc1)N(OCCc1ccccc1)c1ccccc1. The van der Waals surface area contributed by atoms with E-state index in [1.54, 1.807) is 12.1 Å². The van der Waals surface area contributed by atoms with Crippen molar-refractivity contribution in [3.63, 3.8) is 0 Å². The monoisotopic (exact) mass is 317 g/mol. The summed E-state index contributed by atoms with van der Waals surface area (Å²) in [6.45, 7) is 0.428. The van der Waals surface area contributed by atoms with Gasteiger partial charge in [-0.05, 0) is 36.2 Å². The quantitative estimate of drug-likeness (QED) is 0.626. The van der Waals surface area contributed by atoms with E-state index in [2.05, 4.69) is 12.1 Å². The van der Waals surface area contributed by atoms with Crippen molar-refractivity contribution in [3.8, 4) is 0 Å². The van der Waals surface area contributed by atoms with Crippen molar-refractivity contribution >= 4 is 11.6 Å². The van der Waals surface area contributed by atoms with Gasteiger partial charge in [-0.3, -0.25) is 9.63 Å². The predicted molar refractivity (Wildman–Crippen MR) is 95.8 cm³/mol. The summed E-state index contributed by atoms with van der Waals surface area (Å²) in [5, 5.41) is 1.37. The maximum absolute atomic E-state index is 12.8. The van der Waals surface area contributed by atoms with Crippen LogP contribution in [0.4, 0.5) is 5.69 Å². The van der Waals surface area contributed by atoms with Crippen molar-refractivity contribution < 1.29 is 9.63 Å². The summed E-state index contributed by atoms with van der Waals surface area (Å²) >= 11 is 0. The smallest absolute Gasteiger partial charge is 0.266 e. The van der Waals surface area contributed by atoms with E-state index in [-0.39, 0.29) is 5.91 Å². The van der Waals surface area contributed by atoms with Gasteiger partial charge in [0.05, 0.1) is 12.3 Å². The standard InChI is InChI=1S/C21H19NO2/c23-21(19-12-6-2-7-13-19)22(20-14-8-3-9-15-20)24-17-16-18-10-4-1-5-11-18/h1-15H,16-17H2. The van der Waals surface area contributed by atoms with Gasteiger partial charge in [0, 0.05) is 5.56 Å². The van der Waals surface area contributed by atoms with Crippen molar-refractivity contribution in [1.29, 1.82) is 0 Å². The Bertz CT molecular complexity index is 758. The normalized spacial score (nSPS) is 10.3. The molecule has 3 aromatic carbocycles. The molecule has 0 atom stereocenters. The lowest BCUT2D eigenvalue weighted by atomic mass is 10.2. The van der Waals surface area contributed by atoms with E-state index >= 15 is 0 Å². The minimum absolute atomic E-state index is 0.171. The lowest BCUT2D eigenvalue weighted by Crippen LogP contribution is -2.31. The number of hydrogen-bond donors (Lipinski definition) is 0. The molecule has 3 heteroatoms. The second-order valence-corrected chi connectivity index (χ2v) is 5.37. The first-order chi connectivity index (χ1) is 11.8. The van der Waals surface area contributed by atoms with Crippen molar-refractivity contribution in [2.75, 3.05) is 11.7 Å². The summed E-state index contributed by atoms with van der Waals surface area (Å²) < 4.78 is 0. The van der Waals surface area contributed by atoms with E-state index in [0.717, 1.165) is 12.1 Å². The summed E-state index contributed by atoms with van der Waals surface area (Å²) in [6, 6.07) is 28.7. The average Bonchev–Trinajstić information content (AvgIpc) is 2.67. The Labute approximate surface area is 142 Å². The first kappa shape index (κ1) is 16.0. The van der Waals surface area contributed by atoms with Crippen LogP contribution in [0.15, 0.2) is 91.0 Å². The molecule has 0 spiro atoms. The van der Waals surface area contributed by atoms with E-state index in [4.69, 9.17) is 4.84 Å². The van der Waals surface area contributed by atoms with Gasteiger partial charge < -0.3 is 0 Å². The molecule has 0 bridgehead atoms. The third kappa shape index (κ3) is 4.09. The van der Waals surface area contributed by atoms with E-state index in [1.807, 2.05) is 66.7 Å². The molecule has 0 saturated carbocycles. The van der Waals surface area contributed by atoms with E-state index in [0.29, 0.717) is 12.2 Å². The van der Waals surface area contributed by atoms with Crippen LogP contribution >= 0.6 is 0 Å². The Morgan fingerprint density at radius 1 is 0.750 bits per heavy atom. The molecular formula is C21H19NO2. The van der Waals surface area contributed by atoms with E-state index in [9.17, 15) is 4.79 Å². The number of para-hydroxylation sites is 1. The highest BCUT2D eigenvalue weighted by Gasteiger charge is 2.18. The topological polar surface area (TPSA) is 29.5 Å². The summed E-state index contributed by atoms with van der Waals surface area (Å²) in [6.07, 6.45) is 0.742. The molecular weight excluding hydrogens is 298 g/mol. The highest BCUT2D eigenvalue weighted by atomic mass is 16.7. The average molecular weight is 317 g/mol. The van der Waals surface area contributed by atoms with Crippen LogP contribution < -0.4 is 5.06 Å². The first-order valence-corrected chi connectivity index (χ1v) is 7.96. The van der Waals surface area contributed by atoms with Crippen molar-refractivity contribution in [1.82, 2.24) is 0 Å². The van der Waals surface area contributed by atoms with Crippen LogP contribution in [0.1, 0.15) is 15.9 Å². The number of nitrogens with zero attached hydrogens (tertiary/aromatic N) is 1. The van der Waals surface area contributed by atoms with Crippen molar-refractivity contribution in [2.45, 2.75) is 6.42 Å². The van der Waals surface area contributed by atoms with Crippen LogP contribution in [-0.2, 0) is 11.3 Å². The maximum atomic E-state index is 12.8. The third-order valence-electron chi connectivity index (χ3n) is 3.65. The molecule has 24 heavy (non-hydrogen) atoms. The number of anilines is 1. The number of rotatable bonds is 6. The first-order valence-electron chi connectivity index (χ1n) is 7.96. The summed E-state index contributed by atoms with van der Waals surface area (Å²) in [4.78, 5) is 18.6. The fourth-order valence-corrected chi connectivity index (χ4v) is 2.41. The number of benzene rings is 3. The number of amides is 1. The van der Waals surface area contributed by atoms with Crippen LogP contribution in [0.3, 0.4) is 0 Å². The molecule has 0 aliphatic heterocycles. The molecule has 0 N–H and O–H groups in total. The van der Waals surface area contributed by atoms with Crippen LogP contribution in [0, 0.1) is 0 Å². The van der Waals surface area contributed by atoms with E-state index in [1.165, 1.54) is 10.6 Å². The highest BCUT2D eigenvalue weighted by Crippen LogP contribution is 2.17. The zero-order chi connectivity index (χ0) is 16.6. The second-order valence-electron chi connectivity index (χ2n) is 5.37. The Hall–Kier alpha value is -2.91. The highest BCUT2D eigenvalue weighted by molar-refractivity contribution is 6.04. The largest absolute Gasteiger partial charge is 0.282 e. The fourth-order valence-electron chi connectivity index (χ4n) is 2.41. The van der Waals surface area contributed by atoms with Crippen molar-refractivity contribution in [3.05, 3.63) is 102 Å². The summed E-state index contributed by atoms with van der Waals surface area (Å²) in [7, 11) is 0. The predicted octanol–water partition coefficient (Wildman–Crippen LogP) is 4.51. The van der Waals surface area contributed by atoms with Gasteiger partial charge in [0.2, 0.25) is 0 Å². The third-order valence-corrected chi connectivity index (χ3v) is 3.65. The van der Waals surface area contributed by atoms with Gasteiger partial charge in [-0.2, -0.15) is 5.06 Å². The molecule has 0 saturated heterocycles. The van der Waals surface area contributed by atoms with Crippen molar-refractivity contribution in [2.24, 2.45) is 0 Å². The maximum Gasteiger partial charge on any atom is 0.282 e. The number of carbonyl (C=O) groups excluding carboxylic acids is 1. The fraction of sp³-hybridized carbons (Fsp3) is 0.0952. The van der Waals surface area contributed by atoms with Gasteiger partial charge >= 0.3 is 0 Å². The number of hydrogen-bond acceptors (Lipinski definition) is 2. The van der Waals surface area contributed by atoms with Gasteiger partial charge in [0.1, 0.15) is 0 Å². The van der Waals surface area contributed by atoms with Gasteiger partial charge in [-0.15, -0.1) is 0 Å². The lowest BCUT2D eigenvalue weighted by molar-refractivity contribution is 0.0655. The van der Waals surface area contributed by atoms with Crippen LogP contribution in [0.5, 0.6) is 0 Å². The minimum Gasteiger partial charge on any atom is -0.266 e. The Morgan fingerprint density at radius 3 is 1.92 bits per heavy atom. The zero-order valence-corrected chi connectivity index (χ0v) is 13.3. The Balaban J connectivity index is 1.74. The van der Waals surface area contributed by atoms with Crippen LogP contribution in [-0.4, -0.2) is 12.5 Å². The minimum atomic E-state index is -0.171. The molecule has 3 aromatic rings. The Kier molecular flexibility index (Phi) is 5.38. The number of hydroxylamine groups is 1. The van der Waals surface area contributed by atoms with Crippen LogP contribution in [0.25, 0.3) is 0 Å². The molecule has 0 aliphatic carbocycles. The molecule has 0 aliphatic rings. The Morgan fingerprint density at radius 2 is 1.29 bits per heavy atom. The van der Waals surface area contributed by atoms with Gasteiger partial charge in [0.25, 0.3) is 5.91 Å². The lowest BCUT2D eigenvalue weighted by Gasteiger charge is -2.22. The molecule has 0 unspecified atom stereocenters. The van der Waals surface area contributed by atoms with Gasteiger partial charge in [0.15, 0.2) is 0 Å². The molecule has 0 fully saturated rings. The molecule has 3 nitrogen and oxygen atoms in total. The summed E-state index contributed by atoms with van der Waals surface area (Å²) in [5.41, 5.74) is 2.50. The zero-order valence-electron chi connectivity index (χ0n) is 13.3. The second kappa shape index (κ2) is 8.09. The molecule has 1 amide bonds. The van der Waals surface area contributed by atoms with Gasteiger partial charge in [-0.25, -0.2) is 0 Å². The summed E-state index contributed by atoms with van der Waals surface area (Å²) in [5.74, 6) is -0.171. The van der Waals surface area contributed by atoms with E-state index < -0.39 is 0 Å². The molecule has 3 rings (SSSR count). The number of carbonyl (C=O) groups is 1. The van der Waals surface area contributed by atoms with Crippen LogP contribution in [0.2, 0.25) is 0 Å². The molecule has 0 radical (unpaired) electrons. The molecule has 0 aromatic heterocycles. The molecule has 120 valence electrons.